The maximum absolute atomic E-state index is 13.0. The third-order valence-corrected chi connectivity index (χ3v) is 8.69. The Labute approximate surface area is 304 Å². The van der Waals surface area contributed by atoms with Crippen molar-refractivity contribution in [2.45, 2.75) is 18.9 Å². The first-order valence-electron chi connectivity index (χ1n) is 16.5. The number of nitro groups is 2. The van der Waals surface area contributed by atoms with Crippen LogP contribution in [0.15, 0.2) is 85.5 Å². The third-order valence-electron chi connectivity index (χ3n) is 8.69. The monoisotopic (exact) mass is 743 g/mol. The van der Waals surface area contributed by atoms with Crippen LogP contribution in [0.4, 0.5) is 17.1 Å². The maximum Gasteiger partial charge on any atom is 0.321 e. The van der Waals surface area contributed by atoms with Crippen LogP contribution < -0.4 is 24.8 Å². The highest BCUT2D eigenvalue weighted by Gasteiger charge is 2.33. The van der Waals surface area contributed by atoms with Gasteiger partial charge in [-0.25, -0.2) is 4.98 Å². The summed E-state index contributed by atoms with van der Waals surface area (Å²) in [5.41, 5.74) is 1.22. The summed E-state index contributed by atoms with van der Waals surface area (Å²) in [5, 5.41) is 25.1. The van der Waals surface area contributed by atoms with Crippen molar-refractivity contribution in [1.82, 2.24) is 20.1 Å². The Balaban J connectivity index is 0.936. The Morgan fingerprint density at radius 1 is 0.889 bits per heavy atom. The zero-order valence-electron chi connectivity index (χ0n) is 28.2. The Morgan fingerprint density at radius 2 is 1.63 bits per heavy atom. The highest BCUT2D eigenvalue weighted by atomic mass is 16.7. The van der Waals surface area contributed by atoms with E-state index in [-0.39, 0.29) is 47.3 Å². The van der Waals surface area contributed by atoms with Crippen LogP contribution in [0.2, 0.25) is 0 Å². The number of nitro benzene ring substituents is 2. The summed E-state index contributed by atoms with van der Waals surface area (Å²) in [6, 6.07) is 13.1. The average Bonchev–Trinajstić information content (AvgIpc) is 3.87. The number of carbonyl (C=O) groups excluding carboxylic acids is 2. The van der Waals surface area contributed by atoms with E-state index in [4.69, 9.17) is 23.8 Å². The van der Waals surface area contributed by atoms with E-state index in [2.05, 4.69) is 15.5 Å². The molecule has 3 heterocycles. The van der Waals surface area contributed by atoms with Gasteiger partial charge in [0, 0.05) is 42.8 Å². The Morgan fingerprint density at radius 3 is 2.35 bits per heavy atom. The molecular weight excluding hydrogens is 712 g/mol. The SMILES string of the molecule is O=C1C=CC(=O)c2c(Oc3cc(ON[N+](=O)N4CCN(c5ccc(OCC6COC(Cn7ccnc7)O6)cc5)CC4)c([N+](=O)[O-])cc3[N+](=O)[O-])cccc21. The molecule has 0 radical (unpaired) electrons. The molecule has 4 aromatic rings. The first-order valence-corrected chi connectivity index (χ1v) is 16.5. The number of hydrogen-bond acceptors (Lipinski definition) is 14. The number of benzene rings is 3. The lowest BCUT2D eigenvalue weighted by Gasteiger charge is -2.31. The standard InChI is InChI=1S/C34H31N8O12/c43-28-8-9-29(44)34-25(28)2-1-3-30(34)53-31-17-32(27(41(47)48)16-26(31)40(45)46)54-36-42(49)39-14-12-38(13-15-39)22-4-6-23(7-5-22)50-19-24-20-51-33(52-24)18-37-11-10-35-21-37/h1-11,16-17,21,24,33H,12-15,18-20H2,(H,36,49)/q+1. The van der Waals surface area contributed by atoms with Crippen LogP contribution >= 0.6 is 0 Å². The van der Waals surface area contributed by atoms with Gasteiger partial charge in [0.25, 0.3) is 4.98 Å². The fraction of sp³-hybridized carbons (Fsp3) is 0.265. The molecule has 0 saturated carbocycles. The van der Waals surface area contributed by atoms with Gasteiger partial charge in [-0.15, -0.1) is 5.01 Å². The van der Waals surface area contributed by atoms with Crippen molar-refractivity contribution in [3.05, 3.63) is 122 Å². The number of rotatable bonds is 14. The van der Waals surface area contributed by atoms with Gasteiger partial charge in [-0.05, 0) is 42.5 Å². The Kier molecular flexibility index (Phi) is 10.1. The molecule has 20 nitrogen and oxygen atoms in total. The maximum atomic E-state index is 13.0. The number of piperazine rings is 1. The summed E-state index contributed by atoms with van der Waals surface area (Å²) < 4.78 is 25.1. The number of hydrogen-bond donors (Lipinski definition) is 1. The molecule has 0 bridgehead atoms. The number of carbonyl (C=O) groups is 2. The topological polar surface area (TPSA) is 223 Å². The molecule has 1 aromatic heterocycles. The van der Waals surface area contributed by atoms with Gasteiger partial charge in [-0.1, -0.05) is 12.1 Å². The molecular formula is C34H31N8O12+. The van der Waals surface area contributed by atoms with Crippen molar-refractivity contribution in [1.29, 1.82) is 0 Å². The molecule has 20 heteroatoms. The number of nitrogens with one attached hydrogen (secondary N) is 1. The van der Waals surface area contributed by atoms with E-state index in [0.717, 1.165) is 23.9 Å². The molecule has 54 heavy (non-hydrogen) atoms. The van der Waals surface area contributed by atoms with Crippen LogP contribution in [0.1, 0.15) is 20.7 Å². The Bertz CT molecular complexity index is 2120. The molecule has 2 fully saturated rings. The first kappa shape index (κ1) is 35.5. The van der Waals surface area contributed by atoms with Crippen LogP contribution in [0.5, 0.6) is 23.0 Å². The zero-order valence-corrected chi connectivity index (χ0v) is 28.2. The summed E-state index contributed by atoms with van der Waals surface area (Å²) in [6.07, 6.45) is 6.77. The average molecular weight is 744 g/mol. The van der Waals surface area contributed by atoms with Crippen LogP contribution in [0, 0.1) is 25.1 Å². The van der Waals surface area contributed by atoms with E-state index < -0.39 is 44.3 Å². The lowest BCUT2D eigenvalue weighted by molar-refractivity contribution is -0.781. The highest BCUT2D eigenvalue weighted by Crippen LogP contribution is 2.42. The predicted molar refractivity (Wildman–Crippen MR) is 184 cm³/mol. The second-order valence-corrected chi connectivity index (χ2v) is 12.1. The van der Waals surface area contributed by atoms with Gasteiger partial charge in [-0.3, -0.25) is 29.8 Å². The fourth-order valence-electron chi connectivity index (χ4n) is 5.99. The van der Waals surface area contributed by atoms with Crippen LogP contribution in [0.25, 0.3) is 0 Å². The van der Waals surface area contributed by atoms with Crippen LogP contribution in [-0.4, -0.2) is 92.7 Å². The van der Waals surface area contributed by atoms with Crippen molar-refractivity contribution in [2.24, 2.45) is 0 Å². The summed E-state index contributed by atoms with van der Waals surface area (Å²) in [4.78, 5) is 71.4. The van der Waals surface area contributed by atoms with Gasteiger partial charge >= 0.3 is 11.4 Å². The van der Waals surface area contributed by atoms with Gasteiger partial charge in [0.2, 0.25) is 11.5 Å². The van der Waals surface area contributed by atoms with Gasteiger partial charge in [0.1, 0.15) is 30.3 Å². The van der Waals surface area contributed by atoms with Crippen molar-refractivity contribution >= 4 is 28.6 Å². The first-order chi connectivity index (χ1) is 26.1. The molecule has 7 rings (SSSR count). The van der Waals surface area contributed by atoms with Crippen molar-refractivity contribution in [2.75, 3.05) is 44.3 Å². The molecule has 2 aliphatic heterocycles. The predicted octanol–water partition coefficient (Wildman–Crippen LogP) is 3.56. The van der Waals surface area contributed by atoms with E-state index in [0.29, 0.717) is 44.7 Å². The number of hydrazine groups is 2. The van der Waals surface area contributed by atoms with Gasteiger partial charge < -0.3 is 33.3 Å². The van der Waals surface area contributed by atoms with Crippen molar-refractivity contribution < 1.29 is 48.2 Å². The van der Waals surface area contributed by atoms with E-state index in [1.54, 1.807) is 12.5 Å². The Hall–Kier alpha value is -6.93. The van der Waals surface area contributed by atoms with E-state index in [1.165, 1.54) is 23.2 Å². The number of anilines is 1. The molecule has 1 N–H and O–H groups in total. The molecule has 0 spiro atoms. The molecule has 2 saturated heterocycles. The minimum atomic E-state index is -0.924. The number of allylic oxidation sites excluding steroid dienone is 2. The zero-order chi connectivity index (χ0) is 37.8. The van der Waals surface area contributed by atoms with Gasteiger partial charge in [0.15, 0.2) is 17.9 Å². The van der Waals surface area contributed by atoms with Crippen LogP contribution in [0.3, 0.4) is 0 Å². The van der Waals surface area contributed by atoms with E-state index in [1.807, 2.05) is 35.0 Å². The molecule has 1 aliphatic carbocycles. The number of aromatic nitrogens is 2. The fourth-order valence-corrected chi connectivity index (χ4v) is 5.99. The summed E-state index contributed by atoms with van der Waals surface area (Å²) in [7, 11) is 0. The smallest absolute Gasteiger partial charge is 0.321 e. The molecule has 278 valence electrons. The lowest BCUT2D eigenvalue weighted by atomic mass is 9.94. The second-order valence-electron chi connectivity index (χ2n) is 12.1. The van der Waals surface area contributed by atoms with Gasteiger partial charge in [-0.2, -0.15) is 0 Å². The quantitative estimate of drug-likeness (QED) is 0.111. The molecule has 0 amide bonds. The normalized spacial score (nSPS) is 17.9. The highest BCUT2D eigenvalue weighted by molar-refractivity contribution is 6.23. The largest absolute Gasteiger partial charge is 0.491 e. The van der Waals surface area contributed by atoms with Crippen LogP contribution in [-0.2, 0) is 16.0 Å². The molecule has 2 unspecified atom stereocenters. The summed E-state index contributed by atoms with van der Waals surface area (Å²) >= 11 is 0. The third kappa shape index (κ3) is 7.78. The number of nitroso groups, excluding NO2 is 1. The lowest BCUT2D eigenvalue weighted by Crippen LogP contribution is -2.53. The number of nitrogens with zero attached hydrogens (tertiary/aromatic N) is 7. The summed E-state index contributed by atoms with van der Waals surface area (Å²) in [5.74, 6) is -1.71. The van der Waals surface area contributed by atoms with Crippen molar-refractivity contribution in [3.8, 4) is 23.0 Å². The minimum absolute atomic E-state index is 0.0216. The van der Waals surface area contributed by atoms with E-state index >= 15 is 0 Å². The number of ether oxygens (including phenoxy) is 4. The van der Waals surface area contributed by atoms with Gasteiger partial charge in [0.05, 0.1) is 58.5 Å². The molecule has 2 atom stereocenters. The molecule has 3 aliphatic rings. The second kappa shape index (κ2) is 15.4. The van der Waals surface area contributed by atoms with Crippen molar-refractivity contribution in [3.63, 3.8) is 0 Å². The minimum Gasteiger partial charge on any atom is -0.491 e. The number of fused-ring (bicyclic) bond motifs is 1. The van der Waals surface area contributed by atoms with E-state index in [9.17, 15) is 34.7 Å². The summed E-state index contributed by atoms with van der Waals surface area (Å²) in [6.45, 7) is 2.65. The number of ketones is 2. The number of imidazole rings is 1. The molecule has 3 aromatic carbocycles.